The van der Waals surface area contributed by atoms with Crippen LogP contribution in [0.5, 0.6) is 0 Å². The minimum absolute atomic E-state index is 0.305. The van der Waals surface area contributed by atoms with Crippen LogP contribution in [-0.4, -0.2) is 25.7 Å². The monoisotopic (exact) mass is 237 g/mol. The van der Waals surface area contributed by atoms with Crippen LogP contribution in [0.4, 0.5) is 5.95 Å². The van der Waals surface area contributed by atoms with Gasteiger partial charge in [0.05, 0.1) is 5.56 Å². The molecule has 0 aliphatic carbocycles. The number of pyridine rings is 1. The fraction of sp³-hybridized carbons (Fsp3) is 0.111. The Hall–Kier alpha value is -1.95. The molecule has 16 heavy (non-hydrogen) atoms. The second-order valence-corrected chi connectivity index (χ2v) is 3.42. The maximum Gasteiger partial charge on any atom is 0.259 e. The van der Waals surface area contributed by atoms with Crippen LogP contribution in [0, 0.1) is 0 Å². The molecule has 82 valence electrons. The maximum atomic E-state index is 11.7. The molecule has 2 aromatic rings. The summed E-state index contributed by atoms with van der Waals surface area (Å²) in [5, 5.41) is 6.77. The van der Waals surface area contributed by atoms with Gasteiger partial charge in [-0.25, -0.2) is 9.67 Å². The molecule has 1 N–H and O–H groups in total. The minimum Gasteiger partial charge on any atom is -0.291 e. The predicted octanol–water partition coefficient (Wildman–Crippen LogP) is 1.12. The Bertz CT molecular complexity index is 507. The summed E-state index contributed by atoms with van der Waals surface area (Å²) < 4.78 is 1.46. The number of rotatable bonds is 2. The smallest absolute Gasteiger partial charge is 0.259 e. The molecule has 0 aromatic carbocycles. The van der Waals surface area contributed by atoms with Gasteiger partial charge in [-0.1, -0.05) is 11.6 Å². The predicted molar refractivity (Wildman–Crippen MR) is 58.2 cm³/mol. The van der Waals surface area contributed by atoms with Gasteiger partial charge < -0.3 is 0 Å². The normalized spacial score (nSPS) is 10.1. The van der Waals surface area contributed by atoms with Crippen molar-refractivity contribution in [2.45, 2.75) is 0 Å². The number of amides is 1. The zero-order valence-electron chi connectivity index (χ0n) is 8.38. The quantitative estimate of drug-likeness (QED) is 0.795. The van der Waals surface area contributed by atoms with E-state index in [4.69, 9.17) is 11.6 Å². The first-order valence-electron chi connectivity index (χ1n) is 4.44. The molecule has 1 amide bonds. The lowest BCUT2D eigenvalue weighted by Gasteiger charge is -2.03. The minimum atomic E-state index is -0.305. The summed E-state index contributed by atoms with van der Waals surface area (Å²) >= 11 is 5.62. The number of aryl methyl sites for hydroxylation is 1. The lowest BCUT2D eigenvalue weighted by molar-refractivity contribution is 0.102. The Balaban J connectivity index is 2.15. The summed E-state index contributed by atoms with van der Waals surface area (Å²) in [4.78, 5) is 19.4. The van der Waals surface area contributed by atoms with Crippen molar-refractivity contribution in [2.24, 2.45) is 7.05 Å². The largest absolute Gasteiger partial charge is 0.291 e. The van der Waals surface area contributed by atoms with Crippen LogP contribution in [0.1, 0.15) is 10.4 Å². The third-order valence-corrected chi connectivity index (χ3v) is 2.15. The molecule has 7 heteroatoms. The van der Waals surface area contributed by atoms with Gasteiger partial charge in [-0.15, -0.1) is 0 Å². The van der Waals surface area contributed by atoms with Crippen LogP contribution >= 0.6 is 11.6 Å². The molecule has 0 aliphatic heterocycles. The highest BCUT2D eigenvalue weighted by atomic mass is 35.5. The van der Waals surface area contributed by atoms with Gasteiger partial charge >= 0.3 is 0 Å². The molecular formula is C9H8ClN5O. The molecule has 0 atom stereocenters. The molecule has 0 saturated heterocycles. The first kappa shape index (κ1) is 10.6. The summed E-state index contributed by atoms with van der Waals surface area (Å²) in [5.74, 6) is 0.0696. The molecule has 0 aliphatic rings. The van der Waals surface area contributed by atoms with Crippen LogP contribution in [0.2, 0.25) is 5.15 Å². The topological polar surface area (TPSA) is 72.7 Å². The van der Waals surface area contributed by atoms with E-state index in [2.05, 4.69) is 20.4 Å². The standard InChI is InChI=1S/C9H8ClN5O/c1-15-9(12-5-13-15)14-8(16)6-2-3-7(10)11-4-6/h2-5H,1H3,(H,12,13,14,16). The van der Waals surface area contributed by atoms with E-state index < -0.39 is 0 Å². The molecule has 6 nitrogen and oxygen atoms in total. The van der Waals surface area contributed by atoms with Crippen molar-refractivity contribution < 1.29 is 4.79 Å². The van der Waals surface area contributed by atoms with E-state index in [-0.39, 0.29) is 5.91 Å². The third kappa shape index (κ3) is 2.17. The van der Waals surface area contributed by atoms with Gasteiger partial charge in [0, 0.05) is 13.2 Å². The SMILES string of the molecule is Cn1ncnc1NC(=O)c1ccc(Cl)nc1. The number of nitrogens with zero attached hydrogens (tertiary/aromatic N) is 4. The van der Waals surface area contributed by atoms with Crippen molar-refractivity contribution in [3.8, 4) is 0 Å². The van der Waals surface area contributed by atoms with E-state index >= 15 is 0 Å². The summed E-state index contributed by atoms with van der Waals surface area (Å²) in [6.07, 6.45) is 2.75. The summed E-state index contributed by atoms with van der Waals surface area (Å²) in [6.45, 7) is 0. The van der Waals surface area contributed by atoms with Gasteiger partial charge in [-0.05, 0) is 12.1 Å². The molecule has 0 saturated carbocycles. The van der Waals surface area contributed by atoms with Crippen molar-refractivity contribution in [1.82, 2.24) is 19.7 Å². The lowest BCUT2D eigenvalue weighted by Crippen LogP contribution is -2.15. The molecular weight excluding hydrogens is 230 g/mol. The Morgan fingerprint density at radius 2 is 2.25 bits per heavy atom. The van der Waals surface area contributed by atoms with Crippen molar-refractivity contribution in [2.75, 3.05) is 5.32 Å². The van der Waals surface area contributed by atoms with Gasteiger partial charge in [0.2, 0.25) is 5.95 Å². The van der Waals surface area contributed by atoms with E-state index in [0.717, 1.165) is 0 Å². The number of carbonyl (C=O) groups excluding carboxylic acids is 1. The highest BCUT2D eigenvalue weighted by molar-refractivity contribution is 6.29. The molecule has 0 unspecified atom stereocenters. The molecule has 0 bridgehead atoms. The first-order valence-corrected chi connectivity index (χ1v) is 4.81. The van der Waals surface area contributed by atoms with E-state index in [0.29, 0.717) is 16.7 Å². The van der Waals surface area contributed by atoms with Crippen LogP contribution in [0.15, 0.2) is 24.7 Å². The highest BCUT2D eigenvalue weighted by Crippen LogP contribution is 2.07. The van der Waals surface area contributed by atoms with Gasteiger partial charge in [0.25, 0.3) is 5.91 Å². The molecule has 2 aromatic heterocycles. The van der Waals surface area contributed by atoms with E-state index in [1.54, 1.807) is 19.2 Å². The Morgan fingerprint density at radius 1 is 1.44 bits per heavy atom. The van der Waals surface area contributed by atoms with Gasteiger partial charge in [-0.2, -0.15) is 10.1 Å². The highest BCUT2D eigenvalue weighted by Gasteiger charge is 2.09. The first-order chi connectivity index (χ1) is 7.66. The van der Waals surface area contributed by atoms with Crippen LogP contribution in [0.25, 0.3) is 0 Å². The van der Waals surface area contributed by atoms with Crippen molar-refractivity contribution in [3.63, 3.8) is 0 Å². The Labute approximate surface area is 96.3 Å². The van der Waals surface area contributed by atoms with E-state index in [1.165, 1.54) is 17.2 Å². The Morgan fingerprint density at radius 3 is 2.81 bits per heavy atom. The number of carbonyl (C=O) groups is 1. The average Bonchev–Trinajstić information content (AvgIpc) is 2.65. The van der Waals surface area contributed by atoms with E-state index in [1.807, 2.05) is 0 Å². The number of aromatic nitrogens is 4. The van der Waals surface area contributed by atoms with Crippen LogP contribution < -0.4 is 5.32 Å². The van der Waals surface area contributed by atoms with Crippen LogP contribution in [0.3, 0.4) is 0 Å². The molecule has 2 heterocycles. The van der Waals surface area contributed by atoms with Crippen molar-refractivity contribution >= 4 is 23.5 Å². The fourth-order valence-electron chi connectivity index (χ4n) is 1.09. The maximum absolute atomic E-state index is 11.7. The molecule has 0 radical (unpaired) electrons. The second kappa shape index (κ2) is 4.28. The van der Waals surface area contributed by atoms with Gasteiger partial charge in [-0.3, -0.25) is 10.1 Å². The fourth-order valence-corrected chi connectivity index (χ4v) is 1.21. The van der Waals surface area contributed by atoms with Crippen LogP contribution in [-0.2, 0) is 7.05 Å². The van der Waals surface area contributed by atoms with Gasteiger partial charge in [0.1, 0.15) is 11.5 Å². The summed E-state index contributed by atoms with van der Waals surface area (Å²) in [6, 6.07) is 3.13. The number of halogens is 1. The van der Waals surface area contributed by atoms with Crippen molar-refractivity contribution in [1.29, 1.82) is 0 Å². The summed E-state index contributed by atoms with van der Waals surface area (Å²) in [5.41, 5.74) is 0.410. The second-order valence-electron chi connectivity index (χ2n) is 3.03. The van der Waals surface area contributed by atoms with Gasteiger partial charge in [0.15, 0.2) is 0 Å². The molecule has 2 rings (SSSR count). The summed E-state index contributed by atoms with van der Waals surface area (Å²) in [7, 11) is 1.68. The Kier molecular flexibility index (Phi) is 2.82. The number of nitrogens with one attached hydrogen (secondary N) is 1. The number of hydrogen-bond donors (Lipinski definition) is 1. The lowest BCUT2D eigenvalue weighted by atomic mass is 10.3. The zero-order chi connectivity index (χ0) is 11.5. The third-order valence-electron chi connectivity index (χ3n) is 1.93. The van der Waals surface area contributed by atoms with Crippen molar-refractivity contribution in [3.05, 3.63) is 35.4 Å². The number of anilines is 1. The molecule has 0 fully saturated rings. The average molecular weight is 238 g/mol. The number of hydrogen-bond acceptors (Lipinski definition) is 4. The zero-order valence-corrected chi connectivity index (χ0v) is 9.14. The van der Waals surface area contributed by atoms with E-state index in [9.17, 15) is 4.79 Å². The molecule has 0 spiro atoms.